The van der Waals surface area contributed by atoms with Crippen LogP contribution in [0.15, 0.2) is 41.6 Å². The topological polar surface area (TPSA) is 97.7 Å². The van der Waals surface area contributed by atoms with Crippen LogP contribution in [0.3, 0.4) is 0 Å². The molecule has 178 valence electrons. The summed E-state index contributed by atoms with van der Waals surface area (Å²) in [7, 11) is 3.06. The largest absolute Gasteiger partial charge is 0.496 e. The summed E-state index contributed by atoms with van der Waals surface area (Å²) in [4.78, 5) is 46.7. The highest BCUT2D eigenvalue weighted by Crippen LogP contribution is 2.45. The molecular formula is C25H27N3O6. The van der Waals surface area contributed by atoms with Gasteiger partial charge >= 0.3 is 0 Å². The van der Waals surface area contributed by atoms with Crippen molar-refractivity contribution in [3.05, 3.63) is 42.1 Å². The van der Waals surface area contributed by atoms with E-state index in [1.165, 1.54) is 7.11 Å². The van der Waals surface area contributed by atoms with Crippen molar-refractivity contribution in [3.8, 4) is 17.2 Å². The van der Waals surface area contributed by atoms with Crippen molar-refractivity contribution < 1.29 is 28.6 Å². The maximum atomic E-state index is 13.7. The predicted molar refractivity (Wildman–Crippen MR) is 123 cm³/mol. The minimum atomic E-state index is -1.05. The van der Waals surface area contributed by atoms with Crippen LogP contribution >= 0.6 is 0 Å². The first-order chi connectivity index (χ1) is 16.3. The lowest BCUT2D eigenvalue weighted by Gasteiger charge is -2.48. The van der Waals surface area contributed by atoms with Gasteiger partial charge in [-0.1, -0.05) is 6.08 Å². The van der Waals surface area contributed by atoms with Crippen LogP contribution in [0.1, 0.15) is 43.0 Å². The molecule has 4 aliphatic heterocycles. The van der Waals surface area contributed by atoms with E-state index >= 15 is 0 Å². The van der Waals surface area contributed by atoms with E-state index in [1.54, 1.807) is 54.3 Å². The van der Waals surface area contributed by atoms with Crippen LogP contribution in [-0.4, -0.2) is 71.7 Å². The summed E-state index contributed by atoms with van der Waals surface area (Å²) in [6, 6.07) is 3.38. The second-order valence-electron chi connectivity index (χ2n) is 9.27. The molecule has 0 aromatic heterocycles. The summed E-state index contributed by atoms with van der Waals surface area (Å²) in [5.74, 6) is 1.41. The molecule has 1 fully saturated rings. The van der Waals surface area contributed by atoms with Crippen LogP contribution in [0.5, 0.6) is 17.2 Å². The number of amidine groups is 1. The van der Waals surface area contributed by atoms with Crippen LogP contribution in [0.2, 0.25) is 0 Å². The van der Waals surface area contributed by atoms with Crippen LogP contribution in [-0.2, 0) is 9.59 Å². The fourth-order valence-corrected chi connectivity index (χ4v) is 5.26. The Morgan fingerprint density at radius 1 is 1.09 bits per heavy atom. The molecule has 4 heterocycles. The van der Waals surface area contributed by atoms with Gasteiger partial charge in [0.05, 0.1) is 27.1 Å². The van der Waals surface area contributed by atoms with E-state index in [4.69, 9.17) is 14.2 Å². The zero-order valence-electron chi connectivity index (χ0n) is 19.5. The number of allylic oxidation sites excluding steroid dienone is 2. The Hall–Kier alpha value is -3.62. The zero-order valence-corrected chi connectivity index (χ0v) is 19.5. The number of ether oxygens (including phenoxy) is 3. The number of Topliss-reactive ketones (excluding diaryl/α,β-unsaturated/α-hetero) is 1. The number of amides is 2. The quantitative estimate of drug-likeness (QED) is 0.677. The van der Waals surface area contributed by atoms with Crippen molar-refractivity contribution in [3.63, 3.8) is 0 Å². The van der Waals surface area contributed by atoms with Crippen LogP contribution in [0.25, 0.3) is 0 Å². The van der Waals surface area contributed by atoms with Gasteiger partial charge in [0, 0.05) is 44.3 Å². The van der Waals surface area contributed by atoms with Gasteiger partial charge in [-0.15, -0.1) is 0 Å². The number of hydrogen-bond donors (Lipinski definition) is 0. The SMILES string of the molecule is COc1cc(OC)c2c(c1)OC1(CCN(C(=O)C3(C)CC(=O)N=C4C=CC=CN43)CC1)CC2=O. The number of hydrogen-bond acceptors (Lipinski definition) is 7. The van der Waals surface area contributed by atoms with Crippen molar-refractivity contribution in [1.29, 1.82) is 0 Å². The van der Waals surface area contributed by atoms with Crippen LogP contribution in [0, 0.1) is 0 Å². The Morgan fingerprint density at radius 2 is 1.85 bits per heavy atom. The van der Waals surface area contributed by atoms with E-state index in [1.807, 2.05) is 6.08 Å². The van der Waals surface area contributed by atoms with Crippen molar-refractivity contribution >= 4 is 23.4 Å². The number of nitrogens with zero attached hydrogens (tertiary/aromatic N) is 3. The number of carbonyl (C=O) groups is 3. The van der Waals surface area contributed by atoms with Gasteiger partial charge in [-0.3, -0.25) is 14.4 Å². The number of rotatable bonds is 3. The second kappa shape index (κ2) is 8.00. The van der Waals surface area contributed by atoms with E-state index in [9.17, 15) is 14.4 Å². The molecule has 1 atom stereocenters. The lowest BCUT2D eigenvalue weighted by Crippen LogP contribution is -2.63. The highest BCUT2D eigenvalue weighted by molar-refractivity contribution is 6.09. The highest BCUT2D eigenvalue weighted by atomic mass is 16.5. The van der Waals surface area contributed by atoms with Gasteiger partial charge in [-0.2, -0.15) is 4.99 Å². The Morgan fingerprint density at radius 3 is 2.56 bits per heavy atom. The fraction of sp³-hybridized carbons (Fsp3) is 0.440. The average Bonchev–Trinajstić information content (AvgIpc) is 2.83. The predicted octanol–water partition coefficient (Wildman–Crippen LogP) is 2.50. The van der Waals surface area contributed by atoms with Gasteiger partial charge < -0.3 is 24.0 Å². The molecule has 0 aliphatic carbocycles. The minimum absolute atomic E-state index is 0.0110. The van der Waals surface area contributed by atoms with Gasteiger partial charge in [-0.25, -0.2) is 0 Å². The Bertz CT molecular complexity index is 1160. The lowest BCUT2D eigenvalue weighted by atomic mass is 9.81. The Kier molecular flexibility index (Phi) is 5.22. The van der Waals surface area contributed by atoms with Crippen molar-refractivity contribution in [2.45, 2.75) is 43.7 Å². The van der Waals surface area contributed by atoms with Gasteiger partial charge in [0.2, 0.25) is 5.91 Å². The third-order valence-electron chi connectivity index (χ3n) is 7.11. The van der Waals surface area contributed by atoms with Crippen LogP contribution < -0.4 is 14.2 Å². The van der Waals surface area contributed by atoms with E-state index in [0.717, 1.165) is 0 Å². The minimum Gasteiger partial charge on any atom is -0.496 e. The Labute approximate surface area is 197 Å². The fourth-order valence-electron chi connectivity index (χ4n) is 5.26. The van der Waals surface area contributed by atoms with Gasteiger partial charge in [0.1, 0.15) is 39.8 Å². The van der Waals surface area contributed by atoms with Crippen molar-refractivity contribution in [2.24, 2.45) is 4.99 Å². The number of carbonyl (C=O) groups excluding carboxylic acids is 3. The summed E-state index contributed by atoms with van der Waals surface area (Å²) in [5.41, 5.74) is -1.31. The molecule has 0 bridgehead atoms. The first kappa shape index (κ1) is 22.2. The normalized spacial score (nSPS) is 24.9. The summed E-state index contributed by atoms with van der Waals surface area (Å²) >= 11 is 0. The summed E-state index contributed by atoms with van der Waals surface area (Å²) in [5, 5.41) is 0. The van der Waals surface area contributed by atoms with Crippen molar-refractivity contribution in [1.82, 2.24) is 9.80 Å². The maximum absolute atomic E-state index is 13.7. The molecule has 1 spiro atoms. The maximum Gasteiger partial charge on any atom is 0.250 e. The van der Waals surface area contributed by atoms with Crippen LogP contribution in [0.4, 0.5) is 0 Å². The van der Waals surface area contributed by atoms with Crippen molar-refractivity contribution in [2.75, 3.05) is 27.3 Å². The molecule has 9 heteroatoms. The lowest BCUT2D eigenvalue weighted by molar-refractivity contribution is -0.147. The number of ketones is 1. The molecule has 4 aliphatic rings. The van der Waals surface area contributed by atoms with Gasteiger partial charge in [0.25, 0.3) is 5.91 Å². The monoisotopic (exact) mass is 465 g/mol. The molecule has 1 aromatic carbocycles. The van der Waals surface area contributed by atoms with Gasteiger partial charge in [-0.05, 0) is 19.1 Å². The number of piperidine rings is 1. The molecule has 9 nitrogen and oxygen atoms in total. The molecule has 2 amide bonds. The Balaban J connectivity index is 1.35. The smallest absolute Gasteiger partial charge is 0.250 e. The molecule has 1 saturated heterocycles. The molecule has 0 radical (unpaired) electrons. The molecule has 0 N–H and O–H groups in total. The number of likely N-dealkylation sites (tertiary alicyclic amines) is 1. The van der Waals surface area contributed by atoms with E-state index < -0.39 is 11.1 Å². The zero-order chi connectivity index (χ0) is 24.1. The molecular weight excluding hydrogens is 438 g/mol. The summed E-state index contributed by atoms with van der Waals surface area (Å²) in [6.45, 7) is 2.63. The van der Waals surface area contributed by atoms with E-state index in [-0.39, 0.29) is 30.4 Å². The standard InChI is InChI=1S/C25H27N3O6/c1-24(15-21(30)26-20-6-4-5-9-28(20)24)23(31)27-10-7-25(8-11-27)14-17(29)22-18(33-3)12-16(32-2)13-19(22)34-25/h4-6,9,12-13H,7-8,10-11,14-15H2,1-3H3. The molecule has 1 unspecified atom stereocenters. The third kappa shape index (κ3) is 3.46. The number of methoxy groups -OCH3 is 2. The first-order valence-electron chi connectivity index (χ1n) is 11.3. The second-order valence-corrected chi connectivity index (χ2v) is 9.27. The molecule has 0 saturated carbocycles. The summed E-state index contributed by atoms with van der Waals surface area (Å²) in [6.07, 6.45) is 8.38. The number of aliphatic imine (C=N–C) groups is 1. The molecule has 5 rings (SSSR count). The van der Waals surface area contributed by atoms with E-state index in [2.05, 4.69) is 4.99 Å². The highest BCUT2D eigenvalue weighted by Gasteiger charge is 2.50. The summed E-state index contributed by atoms with van der Waals surface area (Å²) < 4.78 is 17.1. The number of fused-ring (bicyclic) bond motifs is 2. The average molecular weight is 466 g/mol. The molecule has 1 aromatic rings. The third-order valence-corrected chi connectivity index (χ3v) is 7.11. The first-order valence-corrected chi connectivity index (χ1v) is 11.3. The van der Waals surface area contributed by atoms with E-state index in [0.29, 0.717) is 54.6 Å². The van der Waals surface area contributed by atoms with Gasteiger partial charge in [0.15, 0.2) is 5.78 Å². The number of benzene rings is 1. The molecule has 34 heavy (non-hydrogen) atoms.